The summed E-state index contributed by atoms with van der Waals surface area (Å²) < 4.78 is 13.7. The van der Waals surface area contributed by atoms with E-state index in [1.165, 1.54) is 8.04 Å². The van der Waals surface area contributed by atoms with Gasteiger partial charge in [-0.3, -0.25) is 4.79 Å². The van der Waals surface area contributed by atoms with E-state index in [4.69, 9.17) is 9.47 Å². The second-order valence-corrected chi connectivity index (χ2v) is 13.4. The third kappa shape index (κ3) is 15.5. The molecule has 4 nitrogen and oxygen atoms in total. The van der Waals surface area contributed by atoms with E-state index >= 15 is 0 Å². The Kier molecular flexibility index (Phi) is 21.1. The quantitative estimate of drug-likeness (QED) is 0.175. The van der Waals surface area contributed by atoms with Crippen molar-refractivity contribution >= 4 is 83.5 Å². The molecule has 0 amide bonds. The summed E-state index contributed by atoms with van der Waals surface area (Å²) in [5.74, 6) is -1.20. The molecule has 2 aliphatic rings. The number of cyclic esters (lactones) is 1. The molecule has 38 heavy (non-hydrogen) atoms. The van der Waals surface area contributed by atoms with Gasteiger partial charge in [0.05, 0.1) is 19.6 Å². The third-order valence-electron chi connectivity index (χ3n) is 5.62. The summed E-state index contributed by atoms with van der Waals surface area (Å²) in [5.41, 5.74) is 1.11. The molecule has 9 heteroatoms. The number of carbonyl (C=O) groups excluding carboxylic acids is 1. The van der Waals surface area contributed by atoms with Gasteiger partial charge in [0.1, 0.15) is 0 Å². The van der Waals surface area contributed by atoms with Gasteiger partial charge in [0, 0.05) is 24.5 Å². The van der Waals surface area contributed by atoms with Crippen LogP contribution >= 0.6 is 54.5 Å². The number of ether oxygens (including phenoxy) is 2. The van der Waals surface area contributed by atoms with E-state index in [0.717, 1.165) is 22.9 Å². The fourth-order valence-electron chi connectivity index (χ4n) is 3.65. The molecule has 2 fully saturated rings. The van der Waals surface area contributed by atoms with Gasteiger partial charge in [-0.05, 0) is 80.4 Å². The van der Waals surface area contributed by atoms with Crippen molar-refractivity contribution in [2.75, 3.05) is 13.2 Å². The monoisotopic (exact) mass is 796 g/mol. The number of benzene rings is 2. The van der Waals surface area contributed by atoms with Crippen molar-refractivity contribution in [3.8, 4) is 0 Å². The predicted molar refractivity (Wildman–Crippen MR) is 169 cm³/mol. The molecule has 0 spiro atoms. The molecule has 2 aliphatic heterocycles. The van der Waals surface area contributed by atoms with Gasteiger partial charge in [-0.2, -0.15) is 13.8 Å². The van der Waals surface area contributed by atoms with Crippen molar-refractivity contribution < 1.29 is 31.8 Å². The summed E-state index contributed by atoms with van der Waals surface area (Å²) in [6.45, 7) is 13.7. The number of aliphatic hydroxyl groups is 1. The first-order chi connectivity index (χ1) is 16.7. The Morgan fingerprint density at radius 3 is 1.79 bits per heavy atom. The Balaban J connectivity index is 0. The van der Waals surface area contributed by atoms with Crippen molar-refractivity contribution in [3.05, 3.63) is 73.0 Å². The van der Waals surface area contributed by atoms with Crippen LogP contribution in [0.25, 0.3) is 0 Å². The van der Waals surface area contributed by atoms with Crippen LogP contribution in [0.3, 0.4) is 0 Å². The van der Waals surface area contributed by atoms with E-state index in [0.29, 0.717) is 26.1 Å². The fraction of sp³-hybridized carbons (Fsp3) is 0.517. The largest absolute Gasteiger partial charge is 2.00 e. The van der Waals surface area contributed by atoms with Gasteiger partial charge in [0.2, 0.25) is 0 Å². The summed E-state index contributed by atoms with van der Waals surface area (Å²) >= 11 is 9.13. The Morgan fingerprint density at radius 2 is 1.39 bits per heavy atom. The van der Waals surface area contributed by atoms with Crippen molar-refractivity contribution in [1.29, 1.82) is 0 Å². The first kappa shape index (κ1) is 40.7. The number of hydrogen-bond acceptors (Lipinski definition) is 4. The standard InChI is InChI=1S/C13H17BrO2.C7H12O2.C6H4BrI.C3H7.ClH.Mg/c1-12(2)7-8-16-13(15,9-12)10-5-3-4-6-11(10)14;1-7(2)3-4-9-6(8)5-7;7-5-3-1-2-4-6(5)8;1-3-2;;/h3-6,15H,7-9H2,1-2H3;3-5H2,1-2H3;1-4H;3H,1-2H3;1H;/q;;;-1;;+2/p-1. The Hall–Kier alpha value is 0.576. The molecule has 1 atom stereocenters. The van der Waals surface area contributed by atoms with E-state index < -0.39 is 5.79 Å². The molecule has 1 N–H and O–H groups in total. The molecule has 2 aromatic rings. The van der Waals surface area contributed by atoms with E-state index in [-0.39, 0.29) is 52.3 Å². The van der Waals surface area contributed by atoms with Crippen molar-refractivity contribution in [1.82, 2.24) is 0 Å². The molecule has 4 rings (SSSR count). The summed E-state index contributed by atoms with van der Waals surface area (Å²) in [4.78, 5) is 10.7. The van der Waals surface area contributed by atoms with Gasteiger partial charge in [0.15, 0.2) is 5.79 Å². The smallest absolute Gasteiger partial charge is 1.00 e. The Bertz CT molecular complexity index is 941. The average molecular weight is 799 g/mol. The maximum absolute atomic E-state index is 10.7. The van der Waals surface area contributed by atoms with Crippen LogP contribution in [-0.2, 0) is 20.1 Å². The molecule has 0 aliphatic carbocycles. The molecule has 2 saturated heterocycles. The zero-order chi connectivity index (χ0) is 27.4. The molecule has 0 aromatic heterocycles. The Labute approximate surface area is 282 Å². The maximum Gasteiger partial charge on any atom is 2.00 e. The first-order valence-corrected chi connectivity index (χ1v) is 14.8. The molecule has 0 bridgehead atoms. The zero-order valence-corrected chi connectivity index (χ0v) is 30.8. The molecular formula is C29H40Br2ClIMgO4. The zero-order valence-electron chi connectivity index (χ0n) is 23.3. The molecular weight excluding hydrogens is 759 g/mol. The SMILES string of the molecule is Brc1ccccc1I.CC1(C)CCOC(=O)C1.CC1(C)CCOC(O)(c2ccccc2Br)C1.C[CH-]C.[Cl-].[Mg+2]. The van der Waals surface area contributed by atoms with Gasteiger partial charge >= 0.3 is 29.0 Å². The van der Waals surface area contributed by atoms with Crippen molar-refractivity contribution in [3.63, 3.8) is 0 Å². The van der Waals surface area contributed by atoms with Gasteiger partial charge in [-0.1, -0.05) is 74.0 Å². The van der Waals surface area contributed by atoms with Gasteiger partial charge in [0.25, 0.3) is 0 Å². The van der Waals surface area contributed by atoms with Crippen LogP contribution in [0, 0.1) is 20.8 Å². The molecule has 1 unspecified atom stereocenters. The summed E-state index contributed by atoms with van der Waals surface area (Å²) in [5, 5.41) is 10.6. The van der Waals surface area contributed by atoms with E-state index in [1.807, 2.05) is 62.7 Å². The number of esters is 1. The molecule has 0 radical (unpaired) electrons. The van der Waals surface area contributed by atoms with E-state index in [2.05, 4.69) is 88.2 Å². The number of carbonyl (C=O) groups is 1. The normalized spacial score (nSPS) is 20.6. The topological polar surface area (TPSA) is 55.8 Å². The molecule has 0 saturated carbocycles. The first-order valence-electron chi connectivity index (χ1n) is 12.2. The van der Waals surface area contributed by atoms with Crippen LogP contribution in [0.4, 0.5) is 0 Å². The summed E-state index contributed by atoms with van der Waals surface area (Å²) in [7, 11) is 0. The Morgan fingerprint density at radius 1 is 0.895 bits per heavy atom. The maximum atomic E-state index is 10.7. The number of hydrogen-bond donors (Lipinski definition) is 1. The second kappa shape index (κ2) is 19.7. The number of rotatable bonds is 1. The van der Waals surface area contributed by atoms with Crippen LogP contribution in [0.1, 0.15) is 72.8 Å². The number of halogens is 4. The third-order valence-corrected chi connectivity index (χ3v) is 8.69. The summed E-state index contributed by atoms with van der Waals surface area (Å²) in [6, 6.07) is 15.8. The minimum Gasteiger partial charge on any atom is -1.00 e. The molecule has 2 aromatic carbocycles. The predicted octanol–water partition coefficient (Wildman–Crippen LogP) is 5.69. The minimum atomic E-state index is -1.15. The van der Waals surface area contributed by atoms with Crippen LogP contribution in [-0.4, -0.2) is 47.3 Å². The molecule has 2 heterocycles. The van der Waals surface area contributed by atoms with Crippen molar-refractivity contribution in [2.24, 2.45) is 10.8 Å². The van der Waals surface area contributed by atoms with Crippen LogP contribution in [0.15, 0.2) is 57.5 Å². The average Bonchev–Trinajstić information content (AvgIpc) is 2.76. The van der Waals surface area contributed by atoms with Crippen LogP contribution in [0.5, 0.6) is 0 Å². The molecule has 210 valence electrons. The minimum absolute atomic E-state index is 0. The van der Waals surface area contributed by atoms with Gasteiger partial charge in [-0.25, -0.2) is 0 Å². The van der Waals surface area contributed by atoms with Gasteiger partial charge < -0.3 is 33.4 Å². The fourth-order valence-corrected chi connectivity index (χ4v) is 4.91. The van der Waals surface area contributed by atoms with Crippen molar-refractivity contribution in [2.45, 2.75) is 73.0 Å². The van der Waals surface area contributed by atoms with E-state index in [9.17, 15) is 9.90 Å². The van der Waals surface area contributed by atoms with E-state index in [1.54, 1.807) is 0 Å². The van der Waals surface area contributed by atoms with Crippen LogP contribution in [0.2, 0.25) is 0 Å². The van der Waals surface area contributed by atoms with Crippen LogP contribution < -0.4 is 12.4 Å². The van der Waals surface area contributed by atoms with Gasteiger partial charge in [-0.15, -0.1) is 0 Å². The summed E-state index contributed by atoms with van der Waals surface area (Å²) in [6.07, 6.45) is 5.19. The second-order valence-electron chi connectivity index (χ2n) is 10.5.